The minimum absolute atomic E-state index is 0.160. The molecule has 0 saturated heterocycles. The average molecular weight is 346 g/mol. The van der Waals surface area contributed by atoms with Crippen molar-refractivity contribution in [2.24, 2.45) is 5.92 Å². The highest BCUT2D eigenvalue weighted by Crippen LogP contribution is 2.24. The standard InChI is InChI=1S/C22H26N4/c1-16(2)15-23-22-25-20(19-12-8-5-9-13-19)14-21(26-22)24-17(3)18-10-6-4-7-11-18/h4-14,16-17H,15H2,1-3H3,(H2,23,24,25,26). The van der Waals surface area contributed by atoms with Gasteiger partial charge >= 0.3 is 0 Å². The van der Waals surface area contributed by atoms with E-state index in [9.17, 15) is 0 Å². The number of nitrogens with one attached hydrogen (secondary N) is 2. The molecule has 0 spiro atoms. The molecule has 1 heterocycles. The highest BCUT2D eigenvalue weighted by molar-refractivity contribution is 5.64. The molecule has 0 aliphatic carbocycles. The topological polar surface area (TPSA) is 49.8 Å². The summed E-state index contributed by atoms with van der Waals surface area (Å²) in [5.74, 6) is 2.00. The van der Waals surface area contributed by atoms with E-state index in [0.717, 1.165) is 23.6 Å². The molecule has 1 unspecified atom stereocenters. The van der Waals surface area contributed by atoms with E-state index in [4.69, 9.17) is 4.98 Å². The number of nitrogens with zero attached hydrogens (tertiary/aromatic N) is 2. The van der Waals surface area contributed by atoms with Gasteiger partial charge in [-0.05, 0) is 18.4 Å². The molecule has 0 bridgehead atoms. The maximum atomic E-state index is 4.69. The molecule has 26 heavy (non-hydrogen) atoms. The highest BCUT2D eigenvalue weighted by atomic mass is 15.1. The van der Waals surface area contributed by atoms with Crippen molar-refractivity contribution in [3.8, 4) is 11.3 Å². The molecule has 0 saturated carbocycles. The first-order valence-corrected chi connectivity index (χ1v) is 9.11. The van der Waals surface area contributed by atoms with Crippen LogP contribution in [0.5, 0.6) is 0 Å². The molecule has 134 valence electrons. The van der Waals surface area contributed by atoms with Gasteiger partial charge in [0.1, 0.15) is 5.82 Å². The zero-order chi connectivity index (χ0) is 18.4. The van der Waals surface area contributed by atoms with Gasteiger partial charge in [0.25, 0.3) is 0 Å². The van der Waals surface area contributed by atoms with Crippen LogP contribution in [0.15, 0.2) is 66.7 Å². The predicted molar refractivity (Wildman–Crippen MR) is 109 cm³/mol. The van der Waals surface area contributed by atoms with Crippen LogP contribution < -0.4 is 10.6 Å². The lowest BCUT2D eigenvalue weighted by atomic mass is 10.1. The molecule has 4 heteroatoms. The quantitative estimate of drug-likeness (QED) is 0.602. The summed E-state index contributed by atoms with van der Waals surface area (Å²) in [5.41, 5.74) is 3.22. The molecule has 2 aromatic carbocycles. The largest absolute Gasteiger partial charge is 0.363 e. The molecule has 4 nitrogen and oxygen atoms in total. The molecular weight excluding hydrogens is 320 g/mol. The lowest BCUT2D eigenvalue weighted by molar-refractivity contribution is 0.684. The van der Waals surface area contributed by atoms with Crippen LogP contribution in [0.2, 0.25) is 0 Å². The van der Waals surface area contributed by atoms with E-state index in [0.29, 0.717) is 11.9 Å². The van der Waals surface area contributed by atoms with Gasteiger partial charge in [-0.2, -0.15) is 4.98 Å². The van der Waals surface area contributed by atoms with Gasteiger partial charge in [0.15, 0.2) is 0 Å². The Labute approximate surface area is 155 Å². The SMILES string of the molecule is CC(C)CNc1nc(NC(C)c2ccccc2)cc(-c2ccccc2)n1. The molecular formula is C22H26N4. The van der Waals surface area contributed by atoms with Gasteiger partial charge in [0, 0.05) is 24.2 Å². The summed E-state index contributed by atoms with van der Waals surface area (Å²) in [5, 5.41) is 6.85. The minimum Gasteiger partial charge on any atom is -0.363 e. The summed E-state index contributed by atoms with van der Waals surface area (Å²) < 4.78 is 0. The van der Waals surface area contributed by atoms with Gasteiger partial charge in [0.05, 0.1) is 5.69 Å². The second kappa shape index (κ2) is 8.48. The number of anilines is 2. The van der Waals surface area contributed by atoms with Crippen molar-refractivity contribution in [2.75, 3.05) is 17.2 Å². The minimum atomic E-state index is 0.160. The fraction of sp³-hybridized carbons (Fsp3) is 0.273. The van der Waals surface area contributed by atoms with Crippen LogP contribution in [0, 0.1) is 5.92 Å². The summed E-state index contributed by atoms with van der Waals surface area (Å²) in [4.78, 5) is 9.36. The predicted octanol–water partition coefficient (Wildman–Crippen LogP) is 5.38. The van der Waals surface area contributed by atoms with E-state index >= 15 is 0 Å². The smallest absolute Gasteiger partial charge is 0.225 e. The van der Waals surface area contributed by atoms with Gasteiger partial charge in [0.2, 0.25) is 5.95 Å². The third kappa shape index (κ3) is 4.82. The van der Waals surface area contributed by atoms with Gasteiger partial charge in [-0.15, -0.1) is 0 Å². The number of rotatable bonds is 7. The van der Waals surface area contributed by atoms with Crippen molar-refractivity contribution < 1.29 is 0 Å². The van der Waals surface area contributed by atoms with E-state index in [-0.39, 0.29) is 6.04 Å². The van der Waals surface area contributed by atoms with Crippen molar-refractivity contribution >= 4 is 11.8 Å². The number of hydrogen-bond donors (Lipinski definition) is 2. The van der Waals surface area contributed by atoms with Crippen LogP contribution in [-0.2, 0) is 0 Å². The Morgan fingerprint density at radius 3 is 2.15 bits per heavy atom. The van der Waals surface area contributed by atoms with Gasteiger partial charge in [-0.1, -0.05) is 74.5 Å². The van der Waals surface area contributed by atoms with Gasteiger partial charge in [-0.3, -0.25) is 0 Å². The van der Waals surface area contributed by atoms with E-state index in [1.165, 1.54) is 5.56 Å². The fourth-order valence-electron chi connectivity index (χ4n) is 2.70. The molecule has 0 aliphatic rings. The Morgan fingerprint density at radius 1 is 0.846 bits per heavy atom. The first-order valence-electron chi connectivity index (χ1n) is 9.11. The van der Waals surface area contributed by atoms with Crippen LogP contribution >= 0.6 is 0 Å². The Bertz CT molecular complexity index is 816. The molecule has 0 aliphatic heterocycles. The molecule has 0 radical (unpaired) electrons. The Morgan fingerprint density at radius 2 is 1.50 bits per heavy atom. The fourth-order valence-corrected chi connectivity index (χ4v) is 2.70. The zero-order valence-electron chi connectivity index (χ0n) is 15.6. The number of aromatic nitrogens is 2. The van der Waals surface area contributed by atoms with Crippen LogP contribution in [0.25, 0.3) is 11.3 Å². The molecule has 1 aromatic heterocycles. The van der Waals surface area contributed by atoms with Crippen molar-refractivity contribution in [1.82, 2.24) is 9.97 Å². The summed E-state index contributed by atoms with van der Waals surface area (Å²) in [6, 6.07) is 22.7. The second-order valence-corrected chi connectivity index (χ2v) is 6.88. The van der Waals surface area contributed by atoms with Crippen LogP contribution in [-0.4, -0.2) is 16.5 Å². The van der Waals surface area contributed by atoms with Crippen LogP contribution in [0.3, 0.4) is 0 Å². The highest BCUT2D eigenvalue weighted by Gasteiger charge is 2.10. The molecule has 0 amide bonds. The van der Waals surface area contributed by atoms with E-state index in [2.05, 4.69) is 72.8 Å². The number of hydrogen-bond acceptors (Lipinski definition) is 4. The summed E-state index contributed by atoms with van der Waals surface area (Å²) in [6.07, 6.45) is 0. The maximum Gasteiger partial charge on any atom is 0.225 e. The van der Waals surface area contributed by atoms with Crippen LogP contribution in [0.1, 0.15) is 32.4 Å². The summed E-state index contributed by atoms with van der Waals surface area (Å²) >= 11 is 0. The third-order valence-electron chi connectivity index (χ3n) is 4.13. The second-order valence-electron chi connectivity index (χ2n) is 6.88. The number of benzene rings is 2. The first-order chi connectivity index (χ1) is 12.6. The third-order valence-corrected chi connectivity index (χ3v) is 4.13. The monoisotopic (exact) mass is 346 g/mol. The van der Waals surface area contributed by atoms with Gasteiger partial charge < -0.3 is 10.6 Å². The van der Waals surface area contributed by atoms with Crippen LogP contribution in [0.4, 0.5) is 11.8 Å². The zero-order valence-corrected chi connectivity index (χ0v) is 15.6. The first kappa shape index (κ1) is 17.9. The molecule has 3 rings (SSSR count). The summed E-state index contributed by atoms with van der Waals surface area (Å²) in [6.45, 7) is 7.32. The molecule has 1 atom stereocenters. The normalized spacial score (nSPS) is 12.0. The molecule has 3 aromatic rings. The maximum absolute atomic E-state index is 4.69. The summed E-state index contributed by atoms with van der Waals surface area (Å²) in [7, 11) is 0. The van der Waals surface area contributed by atoms with E-state index in [1.807, 2.05) is 30.3 Å². The lowest BCUT2D eigenvalue weighted by Gasteiger charge is -2.17. The Kier molecular flexibility index (Phi) is 5.84. The Balaban J connectivity index is 1.89. The van der Waals surface area contributed by atoms with Crippen molar-refractivity contribution in [3.63, 3.8) is 0 Å². The van der Waals surface area contributed by atoms with E-state index < -0.39 is 0 Å². The lowest BCUT2D eigenvalue weighted by Crippen LogP contribution is -2.13. The molecule has 2 N–H and O–H groups in total. The Hall–Kier alpha value is -2.88. The van der Waals surface area contributed by atoms with Crippen molar-refractivity contribution in [1.29, 1.82) is 0 Å². The molecule has 0 fully saturated rings. The van der Waals surface area contributed by atoms with E-state index in [1.54, 1.807) is 0 Å². The van der Waals surface area contributed by atoms with Gasteiger partial charge in [-0.25, -0.2) is 4.98 Å². The van der Waals surface area contributed by atoms with Crippen molar-refractivity contribution in [2.45, 2.75) is 26.8 Å². The average Bonchev–Trinajstić information content (AvgIpc) is 2.67. The van der Waals surface area contributed by atoms with Crippen molar-refractivity contribution in [3.05, 3.63) is 72.3 Å².